The zero-order chi connectivity index (χ0) is 13.8. The molecule has 0 aliphatic rings. The van der Waals surface area contributed by atoms with Crippen LogP contribution in [0, 0.1) is 6.92 Å². The van der Waals surface area contributed by atoms with Gasteiger partial charge in [-0.25, -0.2) is 0 Å². The van der Waals surface area contributed by atoms with Crippen molar-refractivity contribution >= 4 is 11.4 Å². The van der Waals surface area contributed by atoms with Crippen molar-refractivity contribution in [1.82, 2.24) is 0 Å². The summed E-state index contributed by atoms with van der Waals surface area (Å²) in [6.45, 7) is 2.83. The molecule has 2 rings (SSSR count). The van der Waals surface area contributed by atoms with Crippen molar-refractivity contribution < 1.29 is 4.74 Å². The Labute approximate surface area is 114 Å². The first-order valence-electron chi connectivity index (χ1n) is 6.31. The molecule has 0 aromatic heterocycles. The van der Waals surface area contributed by atoms with Crippen molar-refractivity contribution in [2.45, 2.75) is 13.5 Å². The Hall–Kier alpha value is -2.16. The van der Waals surface area contributed by atoms with Gasteiger partial charge in [0, 0.05) is 19.2 Å². The molecule has 0 fully saturated rings. The number of methoxy groups -OCH3 is 1. The second-order valence-electron chi connectivity index (χ2n) is 4.73. The van der Waals surface area contributed by atoms with Gasteiger partial charge in [0.25, 0.3) is 0 Å². The minimum absolute atomic E-state index is 0.762. The standard InChI is InChI=1S/C16H20N2O/c1-12-8-9-14(17)15(10-12)18(2)11-13-6-4-5-7-16(13)19-3/h4-10H,11,17H2,1-3H3. The first-order valence-corrected chi connectivity index (χ1v) is 6.31. The largest absolute Gasteiger partial charge is 0.496 e. The number of nitrogens with zero attached hydrogens (tertiary/aromatic N) is 1. The average molecular weight is 256 g/mol. The molecule has 2 aromatic rings. The van der Waals surface area contributed by atoms with E-state index in [1.165, 1.54) is 5.56 Å². The van der Waals surface area contributed by atoms with Crippen LogP contribution in [0.1, 0.15) is 11.1 Å². The van der Waals surface area contributed by atoms with Crippen LogP contribution in [0.15, 0.2) is 42.5 Å². The maximum atomic E-state index is 6.04. The molecule has 0 saturated heterocycles. The third-order valence-electron chi connectivity index (χ3n) is 3.20. The van der Waals surface area contributed by atoms with Crippen LogP contribution in [-0.4, -0.2) is 14.2 Å². The number of nitrogens with two attached hydrogens (primary N) is 1. The molecule has 3 heteroatoms. The van der Waals surface area contributed by atoms with Crippen molar-refractivity contribution in [1.29, 1.82) is 0 Å². The van der Waals surface area contributed by atoms with Crippen molar-refractivity contribution in [3.8, 4) is 5.75 Å². The molecule has 3 nitrogen and oxygen atoms in total. The van der Waals surface area contributed by atoms with Crippen LogP contribution in [0.5, 0.6) is 5.75 Å². The highest BCUT2D eigenvalue weighted by Gasteiger charge is 2.09. The topological polar surface area (TPSA) is 38.5 Å². The van der Waals surface area contributed by atoms with Gasteiger partial charge in [-0.2, -0.15) is 0 Å². The zero-order valence-corrected chi connectivity index (χ0v) is 11.7. The Morgan fingerprint density at radius 3 is 2.63 bits per heavy atom. The zero-order valence-electron chi connectivity index (χ0n) is 11.7. The number of nitrogen functional groups attached to an aromatic ring is 1. The van der Waals surface area contributed by atoms with Crippen LogP contribution in [-0.2, 0) is 6.54 Å². The highest BCUT2D eigenvalue weighted by Crippen LogP contribution is 2.27. The third-order valence-corrected chi connectivity index (χ3v) is 3.20. The Balaban J connectivity index is 2.25. The average Bonchev–Trinajstić information content (AvgIpc) is 2.42. The number of hydrogen-bond donors (Lipinski definition) is 1. The molecule has 0 atom stereocenters. The second-order valence-corrected chi connectivity index (χ2v) is 4.73. The molecule has 0 bridgehead atoms. The number of benzene rings is 2. The predicted molar refractivity (Wildman–Crippen MR) is 80.7 cm³/mol. The summed E-state index contributed by atoms with van der Waals surface area (Å²) in [6, 6.07) is 14.1. The molecule has 19 heavy (non-hydrogen) atoms. The molecule has 2 aromatic carbocycles. The summed E-state index contributed by atoms with van der Waals surface area (Å²) in [4.78, 5) is 2.14. The normalized spacial score (nSPS) is 10.3. The molecule has 0 saturated carbocycles. The van der Waals surface area contributed by atoms with E-state index in [0.29, 0.717) is 0 Å². The van der Waals surface area contributed by atoms with Crippen LogP contribution < -0.4 is 15.4 Å². The van der Waals surface area contributed by atoms with E-state index in [0.717, 1.165) is 29.2 Å². The molecule has 2 N–H and O–H groups in total. The monoisotopic (exact) mass is 256 g/mol. The minimum atomic E-state index is 0.762. The second kappa shape index (κ2) is 5.65. The van der Waals surface area contributed by atoms with E-state index >= 15 is 0 Å². The summed E-state index contributed by atoms with van der Waals surface area (Å²) >= 11 is 0. The van der Waals surface area contributed by atoms with Gasteiger partial charge >= 0.3 is 0 Å². The smallest absolute Gasteiger partial charge is 0.123 e. The van der Waals surface area contributed by atoms with Crippen LogP contribution in [0.25, 0.3) is 0 Å². The first-order chi connectivity index (χ1) is 9.11. The number of rotatable bonds is 4. The Bertz CT molecular complexity index is 566. The fraction of sp³-hybridized carbons (Fsp3) is 0.250. The van der Waals surface area contributed by atoms with Crippen molar-refractivity contribution in [2.75, 3.05) is 24.8 Å². The molecular weight excluding hydrogens is 236 g/mol. The van der Waals surface area contributed by atoms with Gasteiger partial charge in [-0.3, -0.25) is 0 Å². The lowest BCUT2D eigenvalue weighted by molar-refractivity contribution is 0.409. The quantitative estimate of drug-likeness (QED) is 0.854. The molecule has 0 spiro atoms. The van der Waals surface area contributed by atoms with Crippen LogP contribution >= 0.6 is 0 Å². The van der Waals surface area contributed by atoms with E-state index < -0.39 is 0 Å². The van der Waals surface area contributed by atoms with Gasteiger partial charge in [-0.05, 0) is 30.7 Å². The lowest BCUT2D eigenvalue weighted by Gasteiger charge is -2.22. The van der Waals surface area contributed by atoms with Gasteiger partial charge < -0.3 is 15.4 Å². The number of aryl methyl sites for hydroxylation is 1. The lowest BCUT2D eigenvalue weighted by atomic mass is 10.1. The molecule has 0 unspecified atom stereocenters. The Kier molecular flexibility index (Phi) is 3.95. The summed E-state index contributed by atoms with van der Waals surface area (Å²) in [5.74, 6) is 0.903. The number of ether oxygens (including phenoxy) is 1. The van der Waals surface area contributed by atoms with E-state index in [1.807, 2.05) is 37.4 Å². The van der Waals surface area contributed by atoms with Gasteiger partial charge in [-0.1, -0.05) is 24.3 Å². The maximum absolute atomic E-state index is 6.04. The molecule has 0 aliphatic carbocycles. The van der Waals surface area contributed by atoms with Crippen molar-refractivity contribution in [3.05, 3.63) is 53.6 Å². The van der Waals surface area contributed by atoms with Gasteiger partial charge in [-0.15, -0.1) is 0 Å². The van der Waals surface area contributed by atoms with Crippen LogP contribution in [0.4, 0.5) is 11.4 Å². The summed E-state index contributed by atoms with van der Waals surface area (Å²) < 4.78 is 5.38. The Morgan fingerprint density at radius 1 is 1.16 bits per heavy atom. The van der Waals surface area contributed by atoms with Gasteiger partial charge in [0.2, 0.25) is 0 Å². The number of para-hydroxylation sites is 1. The van der Waals surface area contributed by atoms with E-state index in [2.05, 4.69) is 24.0 Å². The van der Waals surface area contributed by atoms with Crippen molar-refractivity contribution in [3.63, 3.8) is 0 Å². The SMILES string of the molecule is COc1ccccc1CN(C)c1cc(C)ccc1N. The third kappa shape index (κ3) is 2.99. The van der Waals surface area contributed by atoms with Gasteiger partial charge in [0.15, 0.2) is 0 Å². The highest BCUT2D eigenvalue weighted by atomic mass is 16.5. The number of anilines is 2. The molecule has 0 aliphatic heterocycles. The summed E-state index contributed by atoms with van der Waals surface area (Å²) in [7, 11) is 3.73. The van der Waals surface area contributed by atoms with Crippen LogP contribution in [0.3, 0.4) is 0 Å². The van der Waals surface area contributed by atoms with E-state index in [-0.39, 0.29) is 0 Å². The minimum Gasteiger partial charge on any atom is -0.496 e. The fourth-order valence-corrected chi connectivity index (χ4v) is 2.16. The van der Waals surface area contributed by atoms with Crippen LogP contribution in [0.2, 0.25) is 0 Å². The Morgan fingerprint density at radius 2 is 1.89 bits per heavy atom. The summed E-state index contributed by atoms with van der Waals surface area (Å²) in [5.41, 5.74) is 10.2. The van der Waals surface area contributed by atoms with E-state index in [4.69, 9.17) is 10.5 Å². The lowest BCUT2D eigenvalue weighted by Crippen LogP contribution is -2.18. The highest BCUT2D eigenvalue weighted by molar-refractivity contribution is 5.68. The van der Waals surface area contributed by atoms with E-state index in [9.17, 15) is 0 Å². The molecule has 0 radical (unpaired) electrons. The van der Waals surface area contributed by atoms with Gasteiger partial charge in [0.05, 0.1) is 18.5 Å². The number of hydrogen-bond acceptors (Lipinski definition) is 3. The first kappa shape index (κ1) is 13.3. The van der Waals surface area contributed by atoms with Gasteiger partial charge in [0.1, 0.15) is 5.75 Å². The molecule has 100 valence electrons. The molecular formula is C16H20N2O. The van der Waals surface area contributed by atoms with E-state index in [1.54, 1.807) is 7.11 Å². The molecule has 0 heterocycles. The predicted octanol–water partition coefficient (Wildman–Crippen LogP) is 3.22. The fourth-order valence-electron chi connectivity index (χ4n) is 2.16. The molecule has 0 amide bonds. The van der Waals surface area contributed by atoms with Crippen molar-refractivity contribution in [2.24, 2.45) is 0 Å². The summed E-state index contributed by atoms with van der Waals surface area (Å²) in [6.07, 6.45) is 0. The summed E-state index contributed by atoms with van der Waals surface area (Å²) in [5, 5.41) is 0. The maximum Gasteiger partial charge on any atom is 0.123 e.